The van der Waals surface area contributed by atoms with Gasteiger partial charge in [0.1, 0.15) is 12.2 Å². The van der Waals surface area contributed by atoms with E-state index >= 15 is 0 Å². The Bertz CT molecular complexity index is 2840. The van der Waals surface area contributed by atoms with Crippen molar-refractivity contribution >= 4 is 40.5 Å². The SMILES string of the molecule is CC(=O)N1CCc2c(c(N3CCCc4cc(-c5cnn(C)c5)c(C)cc43)nn2C2CCC(N3CCC4(CC3)CC(Oc3ccc(N5CCC6(CC5)C[C@H](C)N(c5ccc(C#N)c(Cl)c5)C6)nn3)C4)CC2)C1. The summed E-state index contributed by atoms with van der Waals surface area (Å²) < 4.78 is 10.8. The number of aryl methyl sites for hydroxylation is 3. The average molecular weight is 978 g/mol. The molecule has 0 radical (unpaired) electrons. The van der Waals surface area contributed by atoms with Gasteiger partial charge in [-0.2, -0.15) is 15.5 Å². The van der Waals surface area contributed by atoms with E-state index in [4.69, 9.17) is 21.4 Å². The Balaban J connectivity index is 0.627. The van der Waals surface area contributed by atoms with Crippen LogP contribution in [0.15, 0.2) is 54.9 Å². The first-order chi connectivity index (χ1) is 34.4. The fourth-order valence-electron chi connectivity index (χ4n) is 14.2. The van der Waals surface area contributed by atoms with E-state index in [-0.39, 0.29) is 17.4 Å². The van der Waals surface area contributed by atoms with Gasteiger partial charge in [0.25, 0.3) is 0 Å². The molecule has 5 aliphatic heterocycles. The lowest BCUT2D eigenvalue weighted by atomic mass is 9.61. The van der Waals surface area contributed by atoms with Gasteiger partial charge in [0.2, 0.25) is 11.8 Å². The molecule has 3 aromatic heterocycles. The number of ether oxygens (including phenoxy) is 1. The summed E-state index contributed by atoms with van der Waals surface area (Å²) >= 11 is 6.42. The van der Waals surface area contributed by atoms with Crippen molar-refractivity contribution in [3.63, 3.8) is 0 Å². The zero-order valence-electron chi connectivity index (χ0n) is 42.1. The van der Waals surface area contributed by atoms with Gasteiger partial charge in [-0.05, 0) is 174 Å². The molecule has 5 fully saturated rings. The van der Waals surface area contributed by atoms with Crippen molar-refractivity contribution in [3.8, 4) is 23.1 Å². The Morgan fingerprint density at radius 2 is 1.66 bits per heavy atom. The number of likely N-dealkylation sites (tertiary alicyclic amines) is 1. The normalized spacial score (nSPS) is 24.2. The third-order valence-corrected chi connectivity index (χ3v) is 18.6. The van der Waals surface area contributed by atoms with E-state index in [1.165, 1.54) is 72.4 Å². The highest BCUT2D eigenvalue weighted by Gasteiger charge is 2.49. The van der Waals surface area contributed by atoms with Crippen LogP contribution in [0.5, 0.6) is 5.88 Å². The molecule has 1 amide bonds. The van der Waals surface area contributed by atoms with E-state index in [0.29, 0.717) is 46.6 Å². The Labute approximate surface area is 423 Å². The van der Waals surface area contributed by atoms with Crippen molar-refractivity contribution in [3.05, 3.63) is 87.8 Å². The molecular weight excluding hydrogens is 908 g/mol. The van der Waals surface area contributed by atoms with Gasteiger partial charge < -0.3 is 29.2 Å². The lowest BCUT2D eigenvalue weighted by Gasteiger charge is -2.53. The van der Waals surface area contributed by atoms with Crippen molar-refractivity contribution in [2.24, 2.45) is 17.9 Å². The van der Waals surface area contributed by atoms with Crippen molar-refractivity contribution in [1.82, 2.24) is 39.6 Å². The van der Waals surface area contributed by atoms with E-state index in [1.807, 2.05) is 47.1 Å². The maximum absolute atomic E-state index is 12.8. The first-order valence-electron chi connectivity index (χ1n) is 26.6. The number of piperidine rings is 2. The minimum atomic E-state index is 0.141. The van der Waals surface area contributed by atoms with Gasteiger partial charge in [-0.25, -0.2) is 0 Å². The smallest absolute Gasteiger partial charge is 0.233 e. The number of rotatable bonds is 8. The third kappa shape index (κ3) is 8.72. The number of hydrogen-bond acceptors (Lipinski definition) is 11. The van der Waals surface area contributed by atoms with E-state index in [1.54, 1.807) is 6.92 Å². The maximum Gasteiger partial charge on any atom is 0.233 e. The number of carbonyl (C=O) groups is 1. The predicted molar refractivity (Wildman–Crippen MR) is 277 cm³/mol. The summed E-state index contributed by atoms with van der Waals surface area (Å²) in [5.74, 6) is 2.78. The van der Waals surface area contributed by atoms with Crippen LogP contribution in [0.3, 0.4) is 0 Å². The topological polar surface area (TPSA) is 128 Å². The van der Waals surface area contributed by atoms with Crippen LogP contribution in [-0.2, 0) is 31.2 Å². The molecule has 0 unspecified atom stereocenters. The molecule has 2 aliphatic carbocycles. The second-order valence-corrected chi connectivity index (χ2v) is 23.1. The van der Waals surface area contributed by atoms with Crippen LogP contribution in [0.25, 0.3) is 11.1 Å². The molecule has 0 N–H and O–H groups in total. The highest BCUT2D eigenvalue weighted by atomic mass is 35.5. The summed E-state index contributed by atoms with van der Waals surface area (Å²) in [5, 5.41) is 29.1. The van der Waals surface area contributed by atoms with Crippen LogP contribution in [0.1, 0.15) is 125 Å². The van der Waals surface area contributed by atoms with Crippen molar-refractivity contribution in [2.45, 2.75) is 141 Å². The summed E-state index contributed by atoms with van der Waals surface area (Å²) in [5.41, 5.74) is 11.2. The monoisotopic (exact) mass is 977 g/mol. The molecule has 2 spiro atoms. The number of benzene rings is 2. The number of anilines is 4. The highest BCUT2D eigenvalue weighted by Crippen LogP contribution is 2.52. The largest absolute Gasteiger partial charge is 0.473 e. The molecule has 3 saturated heterocycles. The van der Waals surface area contributed by atoms with Crippen LogP contribution < -0.4 is 19.4 Å². The zero-order valence-corrected chi connectivity index (χ0v) is 42.9. The molecule has 71 heavy (non-hydrogen) atoms. The van der Waals surface area contributed by atoms with Crippen LogP contribution >= 0.6 is 11.6 Å². The lowest BCUT2D eigenvalue weighted by Crippen LogP contribution is -2.53. The molecule has 7 aliphatic rings. The zero-order chi connectivity index (χ0) is 48.6. The quantitative estimate of drug-likeness (QED) is 0.148. The molecule has 12 rings (SSSR count). The van der Waals surface area contributed by atoms with E-state index in [9.17, 15) is 10.1 Å². The second-order valence-electron chi connectivity index (χ2n) is 22.7. The molecule has 5 aromatic rings. The van der Waals surface area contributed by atoms with Gasteiger partial charge in [-0.15, -0.1) is 10.2 Å². The minimum absolute atomic E-state index is 0.141. The van der Waals surface area contributed by atoms with Gasteiger partial charge in [0, 0.05) is 106 Å². The summed E-state index contributed by atoms with van der Waals surface area (Å²) in [7, 11) is 1.98. The molecule has 0 bridgehead atoms. The molecule has 2 saturated carbocycles. The molecule has 8 heterocycles. The molecule has 14 nitrogen and oxygen atoms in total. The van der Waals surface area contributed by atoms with Gasteiger partial charge >= 0.3 is 0 Å². The number of halogens is 1. The summed E-state index contributed by atoms with van der Waals surface area (Å²) in [6.07, 6.45) is 20.0. The Hall–Kier alpha value is -5.65. The number of nitrogens with zero attached hydrogens (tertiary/aromatic N) is 12. The molecule has 372 valence electrons. The summed E-state index contributed by atoms with van der Waals surface area (Å²) in [6, 6.07) is 18.3. The van der Waals surface area contributed by atoms with Crippen LogP contribution in [0.2, 0.25) is 5.02 Å². The Morgan fingerprint density at radius 3 is 2.37 bits per heavy atom. The minimum Gasteiger partial charge on any atom is -0.473 e. The molecule has 15 heteroatoms. The van der Waals surface area contributed by atoms with Crippen LogP contribution in [0, 0.1) is 29.1 Å². The number of carbonyl (C=O) groups excluding carboxylic acids is 1. The standard InChI is InChI=1S/C56H69ClN12O2/c1-37-26-51-40(27-47(37)42-33-59-63(4)34-42)6-5-20-67(51)54-48-35-66(39(3)70)21-15-50(48)69(62-54)44-11-9-43(10-12-44)64-22-16-55(17-23-64)30-46(31-55)71-53-14-13-52(60-61-53)65-24-18-56(19-25-65)29-38(2)68(36-56)45-8-7-41(32-58)49(57)28-45/h7-8,13-14,26-28,33-34,38,43-44,46H,5-6,9-12,15-25,29-31,35-36H2,1-4H3/t38-,43?,44?/m0/s1. The average Bonchev–Trinajstić information content (AvgIpc) is 4.08. The molecule has 1 atom stereocenters. The molecule has 2 aromatic carbocycles. The van der Waals surface area contributed by atoms with Crippen LogP contribution in [0.4, 0.5) is 23.0 Å². The predicted octanol–water partition coefficient (Wildman–Crippen LogP) is 9.59. The van der Waals surface area contributed by atoms with Crippen molar-refractivity contribution in [1.29, 1.82) is 5.26 Å². The Kier molecular flexibility index (Phi) is 12.1. The highest BCUT2D eigenvalue weighted by molar-refractivity contribution is 6.32. The number of amides is 1. The van der Waals surface area contributed by atoms with Crippen molar-refractivity contribution < 1.29 is 9.53 Å². The fourth-order valence-corrected chi connectivity index (χ4v) is 14.4. The first-order valence-corrected chi connectivity index (χ1v) is 27.0. The molecular formula is C56H69ClN12O2. The van der Waals surface area contributed by atoms with Gasteiger partial charge in [-0.3, -0.25) is 14.2 Å². The maximum atomic E-state index is 12.8. The number of hydrogen-bond donors (Lipinski definition) is 0. The second kappa shape index (κ2) is 18.4. The Morgan fingerprint density at radius 1 is 0.887 bits per heavy atom. The van der Waals surface area contributed by atoms with E-state index in [2.05, 4.69) is 83.9 Å². The summed E-state index contributed by atoms with van der Waals surface area (Å²) in [6.45, 7) is 13.8. The van der Waals surface area contributed by atoms with Gasteiger partial charge in [0.15, 0.2) is 11.6 Å². The van der Waals surface area contributed by atoms with E-state index < -0.39 is 0 Å². The summed E-state index contributed by atoms with van der Waals surface area (Å²) in [4.78, 5) is 24.9. The fraction of sp³-hybridized carbons (Fsp3) is 0.571. The van der Waals surface area contributed by atoms with E-state index in [0.717, 1.165) is 120 Å². The van der Waals surface area contributed by atoms with Crippen molar-refractivity contribution in [2.75, 3.05) is 60.5 Å². The lowest BCUT2D eigenvalue weighted by molar-refractivity contribution is -0.129. The van der Waals surface area contributed by atoms with Gasteiger partial charge in [0.05, 0.1) is 29.4 Å². The van der Waals surface area contributed by atoms with Gasteiger partial charge in [-0.1, -0.05) is 11.6 Å². The third-order valence-electron chi connectivity index (χ3n) is 18.3. The first kappa shape index (κ1) is 46.4. The van der Waals surface area contributed by atoms with Crippen LogP contribution in [-0.4, -0.2) is 109 Å². The number of aromatic nitrogens is 6. The number of fused-ring (bicyclic) bond motifs is 2. The number of nitriles is 1.